The summed E-state index contributed by atoms with van der Waals surface area (Å²) in [5, 5.41) is 9.28. The van der Waals surface area contributed by atoms with Crippen LogP contribution in [0.15, 0.2) is 18.2 Å². The Bertz CT molecular complexity index is 427. The van der Waals surface area contributed by atoms with Gasteiger partial charge in [0.1, 0.15) is 0 Å². The maximum atomic E-state index is 11.3. The lowest BCUT2D eigenvalue weighted by Gasteiger charge is -2.20. The molecule has 0 aliphatic rings. The molecule has 20 heavy (non-hydrogen) atoms. The number of hydrogen-bond acceptors (Lipinski definition) is 2. The van der Waals surface area contributed by atoms with Crippen molar-refractivity contribution in [2.75, 3.05) is 19.0 Å². The van der Waals surface area contributed by atoms with Gasteiger partial charge in [-0.25, -0.2) is 4.79 Å². The highest BCUT2D eigenvalue weighted by Crippen LogP contribution is 2.26. The van der Waals surface area contributed by atoms with Crippen LogP contribution in [0.4, 0.5) is 5.69 Å². The van der Waals surface area contributed by atoms with Gasteiger partial charge >= 0.3 is 5.97 Å². The molecule has 0 bridgehead atoms. The zero-order valence-electron chi connectivity index (χ0n) is 13.0. The third-order valence-corrected chi connectivity index (χ3v) is 3.60. The monoisotopic (exact) mass is 277 g/mol. The molecule has 112 valence electrons. The summed E-state index contributed by atoms with van der Waals surface area (Å²) in [5.41, 5.74) is 2.40. The topological polar surface area (TPSA) is 40.5 Å². The molecule has 3 nitrogen and oxygen atoms in total. The fourth-order valence-corrected chi connectivity index (χ4v) is 2.59. The van der Waals surface area contributed by atoms with E-state index in [-0.39, 0.29) is 0 Å². The minimum absolute atomic E-state index is 0.401. The molecule has 0 heterocycles. The average Bonchev–Trinajstić information content (AvgIpc) is 2.42. The number of carboxylic acids is 1. The van der Waals surface area contributed by atoms with E-state index in [1.807, 2.05) is 31.1 Å². The molecule has 0 saturated carbocycles. The summed E-state index contributed by atoms with van der Waals surface area (Å²) in [6, 6.07) is 5.58. The highest BCUT2D eigenvalue weighted by atomic mass is 16.4. The van der Waals surface area contributed by atoms with Crippen LogP contribution in [0, 0.1) is 0 Å². The molecule has 0 fully saturated rings. The maximum absolute atomic E-state index is 11.3. The Balaban J connectivity index is 2.65. The van der Waals surface area contributed by atoms with Gasteiger partial charge in [0, 0.05) is 14.1 Å². The van der Waals surface area contributed by atoms with Crippen LogP contribution in [0.3, 0.4) is 0 Å². The van der Waals surface area contributed by atoms with E-state index in [0.29, 0.717) is 5.56 Å². The number of nitrogens with zero attached hydrogens (tertiary/aromatic N) is 1. The Hall–Kier alpha value is -1.51. The lowest BCUT2D eigenvalue weighted by Crippen LogP contribution is -2.16. The zero-order chi connectivity index (χ0) is 15.0. The van der Waals surface area contributed by atoms with E-state index < -0.39 is 5.97 Å². The standard InChI is InChI=1S/C17H27NO2/c1-4-5-6-7-8-9-11-14-12-10-13-15(17(19)20)16(14)18(2)3/h10,12-13H,4-9,11H2,1-3H3,(H,19,20). The van der Waals surface area contributed by atoms with Crippen molar-refractivity contribution in [3.63, 3.8) is 0 Å². The van der Waals surface area contributed by atoms with Crippen molar-refractivity contribution in [3.05, 3.63) is 29.3 Å². The van der Waals surface area contributed by atoms with E-state index in [2.05, 4.69) is 6.92 Å². The first-order valence-electron chi connectivity index (χ1n) is 7.60. The Morgan fingerprint density at radius 3 is 2.35 bits per heavy atom. The number of aryl methyl sites for hydroxylation is 1. The number of anilines is 1. The largest absolute Gasteiger partial charge is 0.478 e. The van der Waals surface area contributed by atoms with Crippen molar-refractivity contribution in [1.82, 2.24) is 0 Å². The minimum Gasteiger partial charge on any atom is -0.478 e. The number of rotatable bonds is 9. The summed E-state index contributed by atoms with van der Waals surface area (Å²) in [5.74, 6) is -0.849. The number of carboxylic acid groups (broad SMARTS) is 1. The van der Waals surface area contributed by atoms with Gasteiger partial charge in [-0.05, 0) is 24.5 Å². The fourth-order valence-electron chi connectivity index (χ4n) is 2.59. The second kappa shape index (κ2) is 8.62. The van der Waals surface area contributed by atoms with Crippen LogP contribution >= 0.6 is 0 Å². The van der Waals surface area contributed by atoms with E-state index in [0.717, 1.165) is 24.1 Å². The van der Waals surface area contributed by atoms with Crippen molar-refractivity contribution in [3.8, 4) is 0 Å². The van der Waals surface area contributed by atoms with Gasteiger partial charge in [0.05, 0.1) is 11.3 Å². The molecular weight excluding hydrogens is 250 g/mol. The first kappa shape index (κ1) is 16.5. The summed E-state index contributed by atoms with van der Waals surface area (Å²) in [6.45, 7) is 2.22. The second-order valence-electron chi connectivity index (χ2n) is 5.53. The molecule has 0 unspecified atom stereocenters. The molecule has 0 atom stereocenters. The highest BCUT2D eigenvalue weighted by Gasteiger charge is 2.15. The summed E-state index contributed by atoms with van der Waals surface area (Å²) < 4.78 is 0. The number of hydrogen-bond donors (Lipinski definition) is 1. The average molecular weight is 277 g/mol. The van der Waals surface area contributed by atoms with Gasteiger partial charge in [-0.1, -0.05) is 51.2 Å². The fraction of sp³-hybridized carbons (Fsp3) is 0.588. The van der Waals surface area contributed by atoms with Crippen LogP contribution < -0.4 is 4.90 Å². The summed E-state index contributed by atoms with van der Waals surface area (Å²) in [6.07, 6.45) is 8.50. The predicted octanol–water partition coefficient (Wildman–Crippen LogP) is 4.35. The second-order valence-corrected chi connectivity index (χ2v) is 5.53. The highest BCUT2D eigenvalue weighted by molar-refractivity contribution is 5.95. The van der Waals surface area contributed by atoms with E-state index in [9.17, 15) is 9.90 Å². The SMILES string of the molecule is CCCCCCCCc1cccc(C(=O)O)c1N(C)C. The van der Waals surface area contributed by atoms with E-state index in [1.165, 1.54) is 32.1 Å². The number of unbranched alkanes of at least 4 members (excludes halogenated alkanes) is 5. The molecule has 0 saturated heterocycles. The maximum Gasteiger partial charge on any atom is 0.337 e. The third-order valence-electron chi connectivity index (χ3n) is 3.60. The van der Waals surface area contributed by atoms with Crippen molar-refractivity contribution < 1.29 is 9.90 Å². The lowest BCUT2D eigenvalue weighted by molar-refractivity contribution is 0.0697. The normalized spacial score (nSPS) is 10.6. The summed E-state index contributed by atoms with van der Waals surface area (Å²) in [7, 11) is 3.82. The number of para-hydroxylation sites is 1. The van der Waals surface area contributed by atoms with Gasteiger partial charge < -0.3 is 10.0 Å². The predicted molar refractivity (Wildman–Crippen MR) is 84.8 cm³/mol. The van der Waals surface area contributed by atoms with Crippen LogP contribution in [0.2, 0.25) is 0 Å². The van der Waals surface area contributed by atoms with Crippen molar-refractivity contribution in [2.24, 2.45) is 0 Å². The first-order chi connectivity index (χ1) is 9.57. The van der Waals surface area contributed by atoms with Crippen molar-refractivity contribution in [1.29, 1.82) is 0 Å². The summed E-state index contributed by atoms with van der Waals surface area (Å²) >= 11 is 0. The molecule has 1 rings (SSSR count). The molecule has 1 aromatic carbocycles. The molecule has 0 spiro atoms. The molecule has 0 aromatic heterocycles. The molecule has 0 radical (unpaired) electrons. The summed E-state index contributed by atoms with van der Waals surface area (Å²) in [4.78, 5) is 13.2. The van der Waals surface area contributed by atoms with E-state index in [1.54, 1.807) is 6.07 Å². The van der Waals surface area contributed by atoms with E-state index in [4.69, 9.17) is 0 Å². The molecule has 0 aliphatic carbocycles. The Morgan fingerprint density at radius 2 is 1.75 bits per heavy atom. The quantitative estimate of drug-likeness (QED) is 0.682. The number of carbonyl (C=O) groups is 1. The number of aromatic carboxylic acids is 1. The molecule has 3 heteroatoms. The smallest absolute Gasteiger partial charge is 0.337 e. The molecule has 0 amide bonds. The third kappa shape index (κ3) is 4.87. The lowest BCUT2D eigenvalue weighted by atomic mass is 10.00. The van der Waals surface area contributed by atoms with Crippen LogP contribution in [0.1, 0.15) is 61.4 Å². The van der Waals surface area contributed by atoms with Crippen LogP contribution in [0.5, 0.6) is 0 Å². The van der Waals surface area contributed by atoms with Crippen molar-refractivity contribution >= 4 is 11.7 Å². The van der Waals surface area contributed by atoms with Crippen LogP contribution in [-0.2, 0) is 6.42 Å². The van der Waals surface area contributed by atoms with Crippen LogP contribution in [0.25, 0.3) is 0 Å². The van der Waals surface area contributed by atoms with Gasteiger partial charge in [-0.3, -0.25) is 0 Å². The minimum atomic E-state index is -0.849. The molecular formula is C17H27NO2. The van der Waals surface area contributed by atoms with Crippen LogP contribution in [-0.4, -0.2) is 25.2 Å². The Morgan fingerprint density at radius 1 is 1.10 bits per heavy atom. The van der Waals surface area contributed by atoms with Gasteiger partial charge in [-0.15, -0.1) is 0 Å². The molecule has 0 aliphatic heterocycles. The molecule has 1 N–H and O–H groups in total. The van der Waals surface area contributed by atoms with Gasteiger partial charge in [-0.2, -0.15) is 0 Å². The first-order valence-corrected chi connectivity index (χ1v) is 7.60. The molecule has 1 aromatic rings. The zero-order valence-corrected chi connectivity index (χ0v) is 13.0. The van der Waals surface area contributed by atoms with Gasteiger partial charge in [0.2, 0.25) is 0 Å². The van der Waals surface area contributed by atoms with Gasteiger partial charge in [0.15, 0.2) is 0 Å². The van der Waals surface area contributed by atoms with Gasteiger partial charge in [0.25, 0.3) is 0 Å². The Kier molecular flexibility index (Phi) is 7.13. The van der Waals surface area contributed by atoms with E-state index >= 15 is 0 Å². The Labute approximate surface area is 122 Å². The number of benzene rings is 1. The van der Waals surface area contributed by atoms with Crippen molar-refractivity contribution in [2.45, 2.75) is 51.9 Å².